The Hall–Kier alpha value is -0.120. The maximum atomic E-state index is 5.61. The van der Waals surface area contributed by atoms with E-state index in [-0.39, 0.29) is 0 Å². The van der Waals surface area contributed by atoms with Gasteiger partial charge in [-0.15, -0.1) is 0 Å². The highest BCUT2D eigenvalue weighted by Gasteiger charge is 2.13. The van der Waals surface area contributed by atoms with E-state index in [1.165, 1.54) is 0 Å². The standard InChI is InChI=1S/C11H23NO2/c1-10(2)12-5-8-14-9-11-3-6-13-7-4-11/h10-12H,3-9H2,1-2H3. The maximum absolute atomic E-state index is 5.61. The summed E-state index contributed by atoms with van der Waals surface area (Å²) in [5.74, 6) is 0.725. The normalized spacial score (nSPS) is 19.1. The van der Waals surface area contributed by atoms with Crippen molar-refractivity contribution in [3.8, 4) is 0 Å². The molecular weight excluding hydrogens is 178 g/mol. The van der Waals surface area contributed by atoms with Gasteiger partial charge in [-0.05, 0) is 18.8 Å². The first kappa shape index (κ1) is 12.0. The second-order valence-corrected chi connectivity index (χ2v) is 4.24. The molecule has 0 atom stereocenters. The zero-order valence-electron chi connectivity index (χ0n) is 9.42. The molecule has 1 aliphatic rings. The summed E-state index contributed by atoms with van der Waals surface area (Å²) in [6, 6.07) is 0.557. The van der Waals surface area contributed by atoms with Crippen LogP contribution in [0, 0.1) is 5.92 Å². The van der Waals surface area contributed by atoms with Gasteiger partial charge >= 0.3 is 0 Å². The van der Waals surface area contributed by atoms with Crippen molar-refractivity contribution in [1.29, 1.82) is 0 Å². The van der Waals surface area contributed by atoms with Crippen molar-refractivity contribution in [2.75, 3.05) is 33.0 Å². The summed E-state index contributed by atoms with van der Waals surface area (Å²) < 4.78 is 10.9. The minimum Gasteiger partial charge on any atom is -0.381 e. The van der Waals surface area contributed by atoms with Crippen LogP contribution < -0.4 is 5.32 Å². The summed E-state index contributed by atoms with van der Waals surface area (Å²) in [7, 11) is 0. The Labute approximate surface area is 87.2 Å². The molecule has 0 aromatic carbocycles. The lowest BCUT2D eigenvalue weighted by Gasteiger charge is -2.21. The molecule has 1 saturated heterocycles. The molecule has 1 rings (SSSR count). The smallest absolute Gasteiger partial charge is 0.0591 e. The monoisotopic (exact) mass is 201 g/mol. The lowest BCUT2D eigenvalue weighted by atomic mass is 10.0. The van der Waals surface area contributed by atoms with Crippen molar-refractivity contribution >= 4 is 0 Å². The SMILES string of the molecule is CC(C)NCCOCC1CCOCC1. The number of rotatable bonds is 6. The van der Waals surface area contributed by atoms with Crippen LogP contribution >= 0.6 is 0 Å². The number of hydrogen-bond donors (Lipinski definition) is 1. The molecule has 0 saturated carbocycles. The summed E-state index contributed by atoms with van der Waals surface area (Å²) in [4.78, 5) is 0. The van der Waals surface area contributed by atoms with Crippen molar-refractivity contribution in [3.05, 3.63) is 0 Å². The molecule has 1 fully saturated rings. The maximum Gasteiger partial charge on any atom is 0.0591 e. The molecule has 14 heavy (non-hydrogen) atoms. The largest absolute Gasteiger partial charge is 0.381 e. The first-order chi connectivity index (χ1) is 6.79. The minimum absolute atomic E-state index is 0.557. The van der Waals surface area contributed by atoms with Gasteiger partial charge in [0.15, 0.2) is 0 Å². The van der Waals surface area contributed by atoms with E-state index in [0.717, 1.165) is 51.7 Å². The Morgan fingerprint density at radius 1 is 1.36 bits per heavy atom. The molecule has 0 spiro atoms. The summed E-state index contributed by atoms with van der Waals surface area (Å²) in [6.45, 7) is 8.83. The van der Waals surface area contributed by atoms with Crippen LogP contribution in [-0.4, -0.2) is 39.0 Å². The Bertz CT molecular complexity index is 133. The predicted molar refractivity (Wildman–Crippen MR) is 57.5 cm³/mol. The third-order valence-corrected chi connectivity index (χ3v) is 2.49. The van der Waals surface area contributed by atoms with Gasteiger partial charge < -0.3 is 14.8 Å². The van der Waals surface area contributed by atoms with Gasteiger partial charge in [0.05, 0.1) is 6.61 Å². The topological polar surface area (TPSA) is 30.5 Å². The van der Waals surface area contributed by atoms with E-state index >= 15 is 0 Å². The molecular formula is C11H23NO2. The third kappa shape index (κ3) is 5.58. The average Bonchev–Trinajstić information content (AvgIpc) is 2.18. The molecule has 3 nitrogen and oxygen atoms in total. The first-order valence-electron chi connectivity index (χ1n) is 5.68. The van der Waals surface area contributed by atoms with Gasteiger partial charge in [-0.3, -0.25) is 0 Å². The molecule has 1 N–H and O–H groups in total. The van der Waals surface area contributed by atoms with E-state index < -0.39 is 0 Å². The molecule has 3 heteroatoms. The van der Waals surface area contributed by atoms with Gasteiger partial charge in [0, 0.05) is 32.4 Å². The molecule has 0 aromatic heterocycles. The molecule has 0 radical (unpaired) electrons. The lowest BCUT2D eigenvalue weighted by molar-refractivity contribution is 0.0212. The van der Waals surface area contributed by atoms with E-state index in [9.17, 15) is 0 Å². The summed E-state index contributed by atoms with van der Waals surface area (Å²) in [5.41, 5.74) is 0. The fourth-order valence-electron chi connectivity index (χ4n) is 1.58. The van der Waals surface area contributed by atoms with Crippen LogP contribution in [-0.2, 0) is 9.47 Å². The van der Waals surface area contributed by atoms with Crippen molar-refractivity contribution in [2.24, 2.45) is 5.92 Å². The highest BCUT2D eigenvalue weighted by Crippen LogP contribution is 2.14. The van der Waals surface area contributed by atoms with Gasteiger partial charge in [0.1, 0.15) is 0 Å². The van der Waals surface area contributed by atoms with Gasteiger partial charge in [0.2, 0.25) is 0 Å². The quantitative estimate of drug-likeness (QED) is 0.659. The molecule has 1 aliphatic heterocycles. The van der Waals surface area contributed by atoms with Crippen LogP contribution in [0.15, 0.2) is 0 Å². The zero-order valence-corrected chi connectivity index (χ0v) is 9.42. The highest BCUT2D eigenvalue weighted by atomic mass is 16.5. The molecule has 0 aromatic rings. The lowest BCUT2D eigenvalue weighted by Crippen LogP contribution is -2.28. The molecule has 84 valence electrons. The molecule has 0 bridgehead atoms. The van der Waals surface area contributed by atoms with Crippen molar-refractivity contribution in [1.82, 2.24) is 5.32 Å². The number of hydrogen-bond acceptors (Lipinski definition) is 3. The van der Waals surface area contributed by atoms with Crippen LogP contribution in [0.1, 0.15) is 26.7 Å². The molecule has 0 amide bonds. The number of nitrogens with one attached hydrogen (secondary N) is 1. The number of ether oxygens (including phenoxy) is 2. The van der Waals surface area contributed by atoms with E-state index in [2.05, 4.69) is 19.2 Å². The van der Waals surface area contributed by atoms with Crippen molar-refractivity contribution < 1.29 is 9.47 Å². The van der Waals surface area contributed by atoms with Crippen LogP contribution in [0.3, 0.4) is 0 Å². The Morgan fingerprint density at radius 2 is 2.07 bits per heavy atom. The van der Waals surface area contributed by atoms with Crippen molar-refractivity contribution in [2.45, 2.75) is 32.7 Å². The molecule has 0 unspecified atom stereocenters. The predicted octanol–water partition coefficient (Wildman–Crippen LogP) is 1.43. The fourth-order valence-corrected chi connectivity index (χ4v) is 1.58. The van der Waals surface area contributed by atoms with Crippen molar-refractivity contribution in [3.63, 3.8) is 0 Å². The molecule has 1 heterocycles. The van der Waals surface area contributed by atoms with Gasteiger partial charge in [0.25, 0.3) is 0 Å². The summed E-state index contributed by atoms with van der Waals surface area (Å²) >= 11 is 0. The second-order valence-electron chi connectivity index (χ2n) is 4.24. The summed E-state index contributed by atoms with van der Waals surface area (Å²) in [5, 5.41) is 3.33. The zero-order chi connectivity index (χ0) is 10.2. The van der Waals surface area contributed by atoms with E-state index in [0.29, 0.717) is 6.04 Å². The van der Waals surface area contributed by atoms with Crippen LogP contribution in [0.4, 0.5) is 0 Å². The van der Waals surface area contributed by atoms with Crippen LogP contribution in [0.2, 0.25) is 0 Å². The first-order valence-corrected chi connectivity index (χ1v) is 5.68. The van der Waals surface area contributed by atoms with Gasteiger partial charge in [-0.25, -0.2) is 0 Å². The van der Waals surface area contributed by atoms with E-state index in [1.807, 2.05) is 0 Å². The minimum atomic E-state index is 0.557. The van der Waals surface area contributed by atoms with E-state index in [1.54, 1.807) is 0 Å². The van der Waals surface area contributed by atoms with Crippen LogP contribution in [0.25, 0.3) is 0 Å². The highest BCUT2D eigenvalue weighted by molar-refractivity contribution is 4.62. The molecule has 0 aliphatic carbocycles. The van der Waals surface area contributed by atoms with Gasteiger partial charge in [-0.2, -0.15) is 0 Å². The average molecular weight is 201 g/mol. The van der Waals surface area contributed by atoms with Gasteiger partial charge in [-0.1, -0.05) is 13.8 Å². The Morgan fingerprint density at radius 3 is 2.71 bits per heavy atom. The van der Waals surface area contributed by atoms with Crippen LogP contribution in [0.5, 0.6) is 0 Å². The fraction of sp³-hybridized carbons (Fsp3) is 1.00. The third-order valence-electron chi connectivity index (χ3n) is 2.49. The van der Waals surface area contributed by atoms with E-state index in [4.69, 9.17) is 9.47 Å². The Balaban J connectivity index is 1.87. The Kier molecular flexibility index (Phi) is 6.15. The second kappa shape index (κ2) is 7.21. The summed E-state index contributed by atoms with van der Waals surface area (Å²) in [6.07, 6.45) is 2.33.